The third-order valence-corrected chi connectivity index (χ3v) is 4.37. The number of aliphatic hydroxyl groups is 3. The van der Waals surface area contributed by atoms with E-state index in [0.29, 0.717) is 5.56 Å². The number of nitrogens with one attached hydrogen (secondary N) is 1. The number of rotatable bonds is 4. The Hall–Kier alpha value is -1.03. The molecule has 0 aromatic heterocycles. The number of aliphatic hydroxyl groups excluding tert-OH is 3. The van der Waals surface area contributed by atoms with Crippen molar-refractivity contribution in [2.75, 3.05) is 6.61 Å². The topological polar surface area (TPSA) is 116 Å². The highest BCUT2D eigenvalue weighted by molar-refractivity contribution is 7.88. The zero-order valence-corrected chi connectivity index (χ0v) is 11.4. The maximum absolute atomic E-state index is 12.0. The van der Waals surface area contributed by atoms with Crippen molar-refractivity contribution in [1.82, 2.24) is 4.72 Å². The Morgan fingerprint density at radius 3 is 2.50 bits per heavy atom. The molecule has 0 unspecified atom stereocenters. The predicted octanol–water partition coefficient (Wildman–Crippen LogP) is -1.46. The van der Waals surface area contributed by atoms with Crippen LogP contribution in [0.25, 0.3) is 0 Å². The fourth-order valence-electron chi connectivity index (χ4n) is 1.98. The van der Waals surface area contributed by atoms with Crippen LogP contribution in [0, 0.1) is 0 Å². The summed E-state index contributed by atoms with van der Waals surface area (Å²) in [6.07, 6.45) is -4.17. The maximum Gasteiger partial charge on any atom is 0.216 e. The quantitative estimate of drug-likeness (QED) is 0.540. The molecule has 1 aliphatic rings. The lowest BCUT2D eigenvalue weighted by Crippen LogP contribution is -2.60. The fraction of sp³-hybridized carbons (Fsp3) is 0.500. The van der Waals surface area contributed by atoms with Gasteiger partial charge in [0.2, 0.25) is 10.0 Å². The summed E-state index contributed by atoms with van der Waals surface area (Å²) in [5, 5.41) is 28.7. The first-order valence-corrected chi connectivity index (χ1v) is 7.74. The number of hydrogen-bond acceptors (Lipinski definition) is 6. The van der Waals surface area contributed by atoms with Crippen LogP contribution in [0.3, 0.4) is 0 Å². The second-order valence-electron chi connectivity index (χ2n) is 4.67. The lowest BCUT2D eigenvalue weighted by Gasteiger charge is -2.35. The largest absolute Gasteiger partial charge is 0.388 e. The van der Waals surface area contributed by atoms with Gasteiger partial charge in [0.25, 0.3) is 0 Å². The zero-order valence-electron chi connectivity index (χ0n) is 10.6. The summed E-state index contributed by atoms with van der Waals surface area (Å²) in [4.78, 5) is 0. The molecule has 0 aliphatic carbocycles. The van der Waals surface area contributed by atoms with E-state index in [0.717, 1.165) is 0 Å². The minimum Gasteiger partial charge on any atom is -0.388 e. The third-order valence-electron chi connectivity index (χ3n) is 3.02. The van der Waals surface area contributed by atoms with Crippen LogP contribution in [0.15, 0.2) is 30.3 Å². The highest BCUT2D eigenvalue weighted by atomic mass is 32.2. The van der Waals surface area contributed by atoms with Crippen LogP contribution in [0.4, 0.5) is 0 Å². The molecule has 0 bridgehead atoms. The summed E-state index contributed by atoms with van der Waals surface area (Å²) in [5.41, 5.74) is 0.571. The van der Waals surface area contributed by atoms with E-state index in [1.165, 1.54) is 0 Å². The SMILES string of the molecule is O=S(=O)(Cc1ccccc1)N[C@H]1[C@H](O)[C@H](O)CO[C@@H]1O. The minimum atomic E-state index is -3.78. The Morgan fingerprint density at radius 2 is 1.85 bits per heavy atom. The molecule has 0 spiro atoms. The normalized spacial score (nSPS) is 31.1. The fourth-order valence-corrected chi connectivity index (χ4v) is 3.36. The van der Waals surface area contributed by atoms with Gasteiger partial charge in [-0.05, 0) is 5.56 Å². The number of benzene rings is 1. The van der Waals surface area contributed by atoms with E-state index >= 15 is 0 Å². The number of ether oxygens (including phenoxy) is 1. The molecule has 1 fully saturated rings. The van der Waals surface area contributed by atoms with E-state index in [1.54, 1.807) is 30.3 Å². The van der Waals surface area contributed by atoms with Crippen molar-refractivity contribution in [2.24, 2.45) is 0 Å². The smallest absolute Gasteiger partial charge is 0.216 e. The third kappa shape index (κ3) is 3.75. The van der Waals surface area contributed by atoms with Crippen LogP contribution in [-0.4, -0.2) is 54.9 Å². The van der Waals surface area contributed by atoms with Gasteiger partial charge in [0.15, 0.2) is 6.29 Å². The molecule has 7 nitrogen and oxygen atoms in total. The van der Waals surface area contributed by atoms with E-state index in [4.69, 9.17) is 4.74 Å². The molecule has 2 rings (SSSR count). The van der Waals surface area contributed by atoms with Crippen molar-refractivity contribution < 1.29 is 28.5 Å². The highest BCUT2D eigenvalue weighted by Gasteiger charge is 2.40. The molecule has 1 aliphatic heterocycles. The Morgan fingerprint density at radius 1 is 1.20 bits per heavy atom. The second kappa shape index (κ2) is 6.17. The monoisotopic (exact) mass is 303 g/mol. The summed E-state index contributed by atoms with van der Waals surface area (Å²) in [6.45, 7) is -0.251. The minimum absolute atomic E-state index is 0.251. The number of hydrogen-bond donors (Lipinski definition) is 4. The van der Waals surface area contributed by atoms with Crippen molar-refractivity contribution in [2.45, 2.75) is 30.3 Å². The maximum atomic E-state index is 12.0. The Labute approximate surface area is 116 Å². The van der Waals surface area contributed by atoms with E-state index in [9.17, 15) is 23.7 Å². The van der Waals surface area contributed by atoms with Gasteiger partial charge in [-0.25, -0.2) is 13.1 Å². The summed E-state index contributed by atoms with van der Waals surface area (Å²) in [6, 6.07) is 7.19. The van der Waals surface area contributed by atoms with Crippen LogP contribution in [-0.2, 0) is 20.5 Å². The molecule has 0 saturated carbocycles. The van der Waals surface area contributed by atoms with Gasteiger partial charge in [0, 0.05) is 0 Å². The van der Waals surface area contributed by atoms with E-state index in [2.05, 4.69) is 4.72 Å². The first-order valence-electron chi connectivity index (χ1n) is 6.09. The van der Waals surface area contributed by atoms with Gasteiger partial charge in [-0.1, -0.05) is 30.3 Å². The van der Waals surface area contributed by atoms with Crippen molar-refractivity contribution in [3.05, 3.63) is 35.9 Å². The van der Waals surface area contributed by atoms with Gasteiger partial charge in [0.1, 0.15) is 18.2 Å². The lowest BCUT2D eigenvalue weighted by atomic mass is 10.0. The summed E-state index contributed by atoms with van der Waals surface area (Å²) in [5.74, 6) is -0.292. The molecule has 1 aromatic carbocycles. The average Bonchev–Trinajstić information content (AvgIpc) is 2.40. The van der Waals surface area contributed by atoms with Crippen molar-refractivity contribution in [3.63, 3.8) is 0 Å². The van der Waals surface area contributed by atoms with Crippen LogP contribution < -0.4 is 4.72 Å². The van der Waals surface area contributed by atoms with Gasteiger partial charge in [-0.3, -0.25) is 0 Å². The van der Waals surface area contributed by atoms with Gasteiger partial charge >= 0.3 is 0 Å². The Balaban J connectivity index is 2.07. The molecular formula is C12H17NO6S. The summed E-state index contributed by atoms with van der Waals surface area (Å²) < 4.78 is 30.9. The molecule has 112 valence electrons. The molecule has 0 radical (unpaired) electrons. The van der Waals surface area contributed by atoms with Gasteiger partial charge in [0.05, 0.1) is 12.4 Å². The van der Waals surface area contributed by atoms with Gasteiger partial charge in [-0.2, -0.15) is 0 Å². The molecule has 1 aromatic rings. The second-order valence-corrected chi connectivity index (χ2v) is 6.42. The van der Waals surface area contributed by atoms with Gasteiger partial charge < -0.3 is 20.1 Å². The molecule has 8 heteroatoms. The predicted molar refractivity (Wildman–Crippen MR) is 70.0 cm³/mol. The van der Waals surface area contributed by atoms with Crippen LogP contribution >= 0.6 is 0 Å². The Bertz CT molecular complexity index is 534. The number of sulfonamides is 1. The molecule has 20 heavy (non-hydrogen) atoms. The molecule has 4 atom stereocenters. The van der Waals surface area contributed by atoms with Crippen LogP contribution in [0.5, 0.6) is 0 Å². The first kappa shape index (κ1) is 15.4. The standard InChI is InChI=1S/C12H17NO6S/c14-9-6-19-12(16)10(11(9)15)13-20(17,18)7-8-4-2-1-3-5-8/h1-5,9-16H,6-7H2/t9-,10+,11-,12+/m1/s1. The molecule has 4 N–H and O–H groups in total. The first-order chi connectivity index (χ1) is 9.39. The van der Waals surface area contributed by atoms with Crippen molar-refractivity contribution in [1.29, 1.82) is 0 Å². The van der Waals surface area contributed by atoms with Crippen LogP contribution in [0.1, 0.15) is 5.56 Å². The van der Waals surface area contributed by atoms with Gasteiger partial charge in [-0.15, -0.1) is 0 Å². The molecule has 1 heterocycles. The van der Waals surface area contributed by atoms with Crippen LogP contribution in [0.2, 0.25) is 0 Å². The van der Waals surface area contributed by atoms with E-state index < -0.39 is 34.6 Å². The highest BCUT2D eigenvalue weighted by Crippen LogP contribution is 2.16. The van der Waals surface area contributed by atoms with Crippen molar-refractivity contribution >= 4 is 10.0 Å². The average molecular weight is 303 g/mol. The van der Waals surface area contributed by atoms with E-state index in [1.807, 2.05) is 0 Å². The molecule has 1 saturated heterocycles. The summed E-state index contributed by atoms with van der Waals surface area (Å²) >= 11 is 0. The Kier molecular flexibility index (Phi) is 4.74. The molecular weight excluding hydrogens is 286 g/mol. The zero-order chi connectivity index (χ0) is 14.8. The van der Waals surface area contributed by atoms with E-state index in [-0.39, 0.29) is 12.4 Å². The summed E-state index contributed by atoms with van der Waals surface area (Å²) in [7, 11) is -3.78. The lowest BCUT2D eigenvalue weighted by molar-refractivity contribution is -0.208. The van der Waals surface area contributed by atoms with Crippen molar-refractivity contribution in [3.8, 4) is 0 Å². The molecule has 0 amide bonds.